The van der Waals surface area contributed by atoms with Crippen molar-refractivity contribution in [1.29, 1.82) is 0 Å². The molecule has 2 aromatic rings. The summed E-state index contributed by atoms with van der Waals surface area (Å²) in [5, 5.41) is 10.2. The second-order valence-electron chi connectivity index (χ2n) is 3.81. The van der Waals surface area contributed by atoms with Crippen LogP contribution in [0.4, 0.5) is 4.39 Å². The molecule has 1 unspecified atom stereocenters. The van der Waals surface area contributed by atoms with Gasteiger partial charge in [-0.2, -0.15) is 0 Å². The number of methoxy groups -OCH3 is 1. The Bertz CT molecular complexity index is 557. The largest absolute Gasteiger partial charge is 0.497 e. The number of hydrogen-bond donors (Lipinski definition) is 1. The molecule has 2 aromatic carbocycles. The highest BCUT2D eigenvalue weighted by molar-refractivity contribution is 9.10. The molecule has 0 aliphatic carbocycles. The van der Waals surface area contributed by atoms with Crippen LogP contribution in [0.5, 0.6) is 5.75 Å². The van der Waals surface area contributed by atoms with Crippen LogP contribution in [-0.2, 0) is 0 Å². The molecule has 0 amide bonds. The molecule has 0 fully saturated rings. The maximum absolute atomic E-state index is 13.6. The van der Waals surface area contributed by atoms with E-state index in [1.807, 2.05) is 0 Å². The topological polar surface area (TPSA) is 29.5 Å². The van der Waals surface area contributed by atoms with Crippen molar-refractivity contribution in [2.75, 3.05) is 7.11 Å². The van der Waals surface area contributed by atoms with E-state index in [1.54, 1.807) is 43.5 Å². The maximum Gasteiger partial charge on any atom is 0.129 e. The normalized spacial score (nSPS) is 12.2. The molecule has 4 heteroatoms. The molecule has 18 heavy (non-hydrogen) atoms. The highest BCUT2D eigenvalue weighted by Gasteiger charge is 2.17. The van der Waals surface area contributed by atoms with Gasteiger partial charge >= 0.3 is 0 Å². The fourth-order valence-electron chi connectivity index (χ4n) is 1.72. The molecule has 0 aromatic heterocycles. The van der Waals surface area contributed by atoms with Crippen LogP contribution in [0.1, 0.15) is 17.2 Å². The Morgan fingerprint density at radius 3 is 2.56 bits per heavy atom. The lowest BCUT2D eigenvalue weighted by Gasteiger charge is -2.15. The average Bonchev–Trinajstić information content (AvgIpc) is 2.39. The molecule has 0 saturated heterocycles. The highest BCUT2D eigenvalue weighted by atomic mass is 79.9. The molecule has 94 valence electrons. The van der Waals surface area contributed by atoms with Crippen molar-refractivity contribution in [3.05, 3.63) is 63.9 Å². The van der Waals surface area contributed by atoms with Crippen molar-refractivity contribution in [2.24, 2.45) is 0 Å². The zero-order chi connectivity index (χ0) is 13.1. The van der Waals surface area contributed by atoms with E-state index in [0.717, 1.165) is 0 Å². The van der Waals surface area contributed by atoms with E-state index in [4.69, 9.17) is 4.74 Å². The molecule has 0 aliphatic heterocycles. The third kappa shape index (κ3) is 2.54. The Balaban J connectivity index is 2.45. The molecular weight excluding hydrogens is 299 g/mol. The number of aliphatic hydroxyl groups excluding tert-OH is 1. The van der Waals surface area contributed by atoms with Gasteiger partial charge in [-0.05, 0) is 24.3 Å². The van der Waals surface area contributed by atoms with Crippen LogP contribution in [0.2, 0.25) is 0 Å². The van der Waals surface area contributed by atoms with Crippen LogP contribution in [0.3, 0.4) is 0 Å². The second-order valence-corrected chi connectivity index (χ2v) is 4.67. The van der Waals surface area contributed by atoms with E-state index in [1.165, 1.54) is 6.07 Å². The number of rotatable bonds is 3. The van der Waals surface area contributed by atoms with Crippen LogP contribution >= 0.6 is 15.9 Å². The number of aliphatic hydroxyl groups is 1. The van der Waals surface area contributed by atoms with Crippen LogP contribution in [-0.4, -0.2) is 12.2 Å². The van der Waals surface area contributed by atoms with Gasteiger partial charge in [-0.25, -0.2) is 4.39 Å². The third-order valence-corrected chi connectivity index (χ3v) is 3.42. The Kier molecular flexibility index (Phi) is 3.99. The lowest BCUT2D eigenvalue weighted by atomic mass is 10.0. The first-order chi connectivity index (χ1) is 8.63. The minimum absolute atomic E-state index is 0.242. The summed E-state index contributed by atoms with van der Waals surface area (Å²) in [5.41, 5.74) is 0.811. The van der Waals surface area contributed by atoms with Gasteiger partial charge in [0, 0.05) is 15.6 Å². The Hall–Kier alpha value is -1.39. The SMILES string of the molecule is COc1ccc(Br)c(C(O)c2ccccc2F)c1. The summed E-state index contributed by atoms with van der Waals surface area (Å²) in [6.07, 6.45) is -1.03. The van der Waals surface area contributed by atoms with Crippen molar-refractivity contribution in [3.8, 4) is 5.75 Å². The first-order valence-electron chi connectivity index (χ1n) is 5.39. The molecule has 1 N–H and O–H groups in total. The monoisotopic (exact) mass is 310 g/mol. The van der Waals surface area contributed by atoms with E-state index >= 15 is 0 Å². The van der Waals surface area contributed by atoms with Crippen molar-refractivity contribution in [3.63, 3.8) is 0 Å². The van der Waals surface area contributed by atoms with Crippen LogP contribution in [0.15, 0.2) is 46.9 Å². The quantitative estimate of drug-likeness (QED) is 0.937. The minimum Gasteiger partial charge on any atom is -0.497 e. The fourth-order valence-corrected chi connectivity index (χ4v) is 2.19. The molecule has 0 bridgehead atoms. The predicted octanol–water partition coefficient (Wildman–Crippen LogP) is 3.68. The van der Waals surface area contributed by atoms with Gasteiger partial charge in [0.2, 0.25) is 0 Å². The van der Waals surface area contributed by atoms with Gasteiger partial charge < -0.3 is 9.84 Å². The summed E-state index contributed by atoms with van der Waals surface area (Å²) in [5.74, 6) is 0.184. The Labute approximate surface area is 113 Å². The molecule has 0 aliphatic rings. The van der Waals surface area contributed by atoms with Gasteiger partial charge in [-0.3, -0.25) is 0 Å². The standard InChI is InChI=1S/C14H12BrFO2/c1-18-9-6-7-12(15)11(8-9)14(17)10-4-2-3-5-13(10)16/h2-8,14,17H,1H3. The minimum atomic E-state index is -1.03. The first kappa shape index (κ1) is 13.1. The molecule has 0 heterocycles. The van der Waals surface area contributed by atoms with Gasteiger partial charge in [0.05, 0.1) is 7.11 Å². The van der Waals surface area contributed by atoms with Crippen molar-refractivity contribution in [2.45, 2.75) is 6.10 Å². The van der Waals surface area contributed by atoms with Crippen molar-refractivity contribution < 1.29 is 14.2 Å². The number of halogens is 2. The molecule has 2 rings (SSSR count). The molecule has 0 radical (unpaired) electrons. The number of hydrogen-bond acceptors (Lipinski definition) is 2. The number of ether oxygens (including phenoxy) is 1. The molecule has 1 atom stereocenters. The fraction of sp³-hybridized carbons (Fsp3) is 0.143. The first-order valence-corrected chi connectivity index (χ1v) is 6.18. The van der Waals surface area contributed by atoms with Crippen LogP contribution in [0.25, 0.3) is 0 Å². The zero-order valence-electron chi connectivity index (χ0n) is 9.73. The molecule has 0 saturated carbocycles. The number of benzene rings is 2. The van der Waals surface area contributed by atoms with Gasteiger partial charge in [0.15, 0.2) is 0 Å². The van der Waals surface area contributed by atoms with Crippen LogP contribution in [0, 0.1) is 5.82 Å². The Morgan fingerprint density at radius 1 is 1.17 bits per heavy atom. The van der Waals surface area contributed by atoms with E-state index in [9.17, 15) is 9.50 Å². The van der Waals surface area contributed by atoms with Crippen LogP contribution < -0.4 is 4.74 Å². The van der Waals surface area contributed by atoms with E-state index < -0.39 is 11.9 Å². The van der Waals surface area contributed by atoms with Crippen molar-refractivity contribution >= 4 is 15.9 Å². The summed E-state index contributed by atoms with van der Waals surface area (Å²) in [4.78, 5) is 0. The van der Waals surface area contributed by atoms with Gasteiger partial charge in [-0.1, -0.05) is 34.1 Å². The smallest absolute Gasteiger partial charge is 0.129 e. The van der Waals surface area contributed by atoms with E-state index in [-0.39, 0.29) is 5.56 Å². The summed E-state index contributed by atoms with van der Waals surface area (Å²) in [7, 11) is 1.54. The summed E-state index contributed by atoms with van der Waals surface area (Å²) in [6, 6.07) is 11.4. The Morgan fingerprint density at radius 2 is 1.89 bits per heavy atom. The summed E-state index contributed by atoms with van der Waals surface area (Å²) in [6.45, 7) is 0. The molecule has 0 spiro atoms. The van der Waals surface area contributed by atoms with Gasteiger partial charge in [0.25, 0.3) is 0 Å². The van der Waals surface area contributed by atoms with E-state index in [0.29, 0.717) is 15.8 Å². The highest BCUT2D eigenvalue weighted by Crippen LogP contribution is 2.32. The maximum atomic E-state index is 13.6. The average molecular weight is 311 g/mol. The summed E-state index contributed by atoms with van der Waals surface area (Å²) < 4.78 is 19.4. The predicted molar refractivity (Wildman–Crippen MR) is 71.2 cm³/mol. The van der Waals surface area contributed by atoms with Gasteiger partial charge in [-0.15, -0.1) is 0 Å². The zero-order valence-corrected chi connectivity index (χ0v) is 11.3. The van der Waals surface area contributed by atoms with Crippen molar-refractivity contribution in [1.82, 2.24) is 0 Å². The lowest BCUT2D eigenvalue weighted by Crippen LogP contribution is -2.03. The second kappa shape index (κ2) is 5.50. The molecule has 2 nitrogen and oxygen atoms in total. The lowest BCUT2D eigenvalue weighted by molar-refractivity contribution is 0.213. The van der Waals surface area contributed by atoms with E-state index in [2.05, 4.69) is 15.9 Å². The summed E-state index contributed by atoms with van der Waals surface area (Å²) >= 11 is 3.34. The third-order valence-electron chi connectivity index (χ3n) is 2.70. The van der Waals surface area contributed by atoms with Gasteiger partial charge in [0.1, 0.15) is 17.7 Å². The molecular formula is C14H12BrFO2.